The zero-order chi connectivity index (χ0) is 25.2. The molecule has 1 amide bonds. The maximum absolute atomic E-state index is 12.7. The molecule has 0 bridgehead atoms. The van der Waals surface area contributed by atoms with E-state index in [1.54, 1.807) is 36.8 Å². The maximum Gasteiger partial charge on any atom is 0.419 e. The number of thiophene rings is 2. The second-order valence-corrected chi connectivity index (χ2v) is 11.0. The van der Waals surface area contributed by atoms with Crippen molar-refractivity contribution in [1.29, 1.82) is 5.26 Å². The molecule has 1 aliphatic rings. The fourth-order valence-electron chi connectivity index (χ4n) is 4.25. The predicted octanol–water partition coefficient (Wildman–Crippen LogP) is 3.02. The van der Waals surface area contributed by atoms with E-state index < -0.39 is 12.1 Å². The number of carbonyl (C=O) groups is 1. The normalized spacial score (nSPS) is 19.6. The van der Waals surface area contributed by atoms with Crippen LogP contribution >= 0.6 is 22.7 Å². The van der Waals surface area contributed by atoms with Crippen LogP contribution in [0.3, 0.4) is 0 Å². The Morgan fingerprint density at radius 1 is 1.31 bits per heavy atom. The van der Waals surface area contributed by atoms with Crippen molar-refractivity contribution in [2.24, 2.45) is 7.05 Å². The highest BCUT2D eigenvalue weighted by atomic mass is 32.1. The Morgan fingerprint density at radius 2 is 2.14 bits per heavy atom. The van der Waals surface area contributed by atoms with E-state index in [1.165, 1.54) is 4.57 Å². The van der Waals surface area contributed by atoms with Gasteiger partial charge in [0, 0.05) is 52.8 Å². The number of ether oxygens (including phenoxy) is 2. The van der Waals surface area contributed by atoms with Crippen molar-refractivity contribution in [1.82, 2.24) is 15.2 Å². The number of nitrogens with one attached hydrogen (secondary N) is 2. The molecule has 3 aromatic heterocycles. The van der Waals surface area contributed by atoms with Crippen molar-refractivity contribution in [3.8, 4) is 16.5 Å². The summed E-state index contributed by atoms with van der Waals surface area (Å²) in [4.78, 5) is 26.6. The Labute approximate surface area is 215 Å². The molecule has 36 heavy (non-hydrogen) atoms. The largest absolute Gasteiger partial charge is 0.419 e. The van der Waals surface area contributed by atoms with E-state index in [-0.39, 0.29) is 17.8 Å². The molecule has 0 saturated carbocycles. The van der Waals surface area contributed by atoms with Crippen LogP contribution < -0.4 is 16.4 Å². The zero-order valence-electron chi connectivity index (χ0n) is 19.9. The number of aromatic nitrogens is 1. The Morgan fingerprint density at radius 3 is 2.92 bits per heavy atom. The van der Waals surface area contributed by atoms with Gasteiger partial charge in [-0.05, 0) is 42.3 Å². The number of carbonyl (C=O) groups excluding carboxylic acids is 1. The van der Waals surface area contributed by atoms with Gasteiger partial charge >= 0.3 is 5.76 Å². The predicted molar refractivity (Wildman–Crippen MR) is 139 cm³/mol. The smallest absolute Gasteiger partial charge is 0.408 e. The first-order valence-corrected chi connectivity index (χ1v) is 13.3. The zero-order valence-corrected chi connectivity index (χ0v) is 21.5. The van der Waals surface area contributed by atoms with Gasteiger partial charge in [-0.15, -0.1) is 22.7 Å². The van der Waals surface area contributed by atoms with Crippen LogP contribution in [0.15, 0.2) is 39.5 Å². The Hall–Kier alpha value is -3.01. The van der Waals surface area contributed by atoms with Crippen molar-refractivity contribution in [2.45, 2.75) is 31.1 Å². The number of benzene rings is 1. The molecule has 9 nitrogen and oxygen atoms in total. The molecule has 1 fully saturated rings. The number of nitrogens with zero attached hydrogens (tertiary/aromatic N) is 2. The molecule has 0 spiro atoms. The van der Waals surface area contributed by atoms with Crippen LogP contribution in [0.5, 0.6) is 0 Å². The number of methoxy groups -OCH3 is 1. The minimum Gasteiger partial charge on any atom is -0.408 e. The number of nitriles is 1. The third-order valence-electron chi connectivity index (χ3n) is 6.30. The van der Waals surface area contributed by atoms with E-state index in [0.29, 0.717) is 38.1 Å². The molecule has 11 heteroatoms. The molecule has 4 heterocycles. The first-order valence-electron chi connectivity index (χ1n) is 11.6. The number of hydrogen-bond acceptors (Lipinski definition) is 9. The molecule has 2 N–H and O–H groups in total. The highest BCUT2D eigenvalue weighted by Gasteiger charge is 2.25. The molecule has 188 valence electrons. The number of fused-ring (bicyclic) bond motifs is 2. The minimum atomic E-state index is -0.643. The van der Waals surface area contributed by atoms with Crippen LogP contribution in [-0.2, 0) is 27.7 Å². The minimum absolute atomic E-state index is 0.0661. The lowest BCUT2D eigenvalue weighted by molar-refractivity contribution is -0.134. The van der Waals surface area contributed by atoms with Crippen molar-refractivity contribution in [3.63, 3.8) is 0 Å². The van der Waals surface area contributed by atoms with Gasteiger partial charge < -0.3 is 24.5 Å². The van der Waals surface area contributed by atoms with Crippen LogP contribution in [0.2, 0.25) is 0 Å². The van der Waals surface area contributed by atoms with E-state index in [2.05, 4.69) is 28.8 Å². The second kappa shape index (κ2) is 10.5. The summed E-state index contributed by atoms with van der Waals surface area (Å²) in [5, 5.41) is 15.7. The summed E-state index contributed by atoms with van der Waals surface area (Å²) >= 11 is 3.27. The monoisotopic (exact) mass is 526 g/mol. The highest BCUT2D eigenvalue weighted by molar-refractivity contribution is 7.29. The quantitative estimate of drug-likeness (QED) is 0.396. The molecule has 4 aromatic rings. The van der Waals surface area contributed by atoms with Gasteiger partial charge in [0.25, 0.3) is 5.91 Å². The van der Waals surface area contributed by atoms with Crippen LogP contribution in [-0.4, -0.2) is 55.5 Å². The third-order valence-corrected chi connectivity index (χ3v) is 8.66. The van der Waals surface area contributed by atoms with Gasteiger partial charge in [0.1, 0.15) is 12.1 Å². The van der Waals surface area contributed by atoms with Gasteiger partial charge in [0.05, 0.1) is 24.3 Å². The molecule has 1 aliphatic heterocycles. The van der Waals surface area contributed by atoms with Crippen LogP contribution in [0.1, 0.15) is 11.3 Å². The standard InChI is InChI=1S/C25H26N4O5S2/c1-29-18-7-14(3-4-19(18)34-25(29)31)21-10-23-22(36-21)9-17(35-23)8-15(11-26)28-24(30)20-13-27-12-16(32-2)5-6-33-20/h3-4,7,9-10,15-16,20,27H,5-6,8,12-13H2,1-2H3,(H,28,30)/t15-,16-,20-/m0/s1. The van der Waals surface area contributed by atoms with Crippen LogP contribution in [0.4, 0.5) is 0 Å². The fraction of sp³-hybridized carbons (Fsp3) is 0.400. The first kappa shape index (κ1) is 24.7. The Balaban J connectivity index is 1.25. The second-order valence-electron chi connectivity index (χ2n) is 8.72. The van der Waals surface area contributed by atoms with E-state index >= 15 is 0 Å². The maximum atomic E-state index is 12.7. The van der Waals surface area contributed by atoms with E-state index in [1.807, 2.05) is 18.2 Å². The average Bonchev–Trinajstić information content (AvgIpc) is 3.50. The van der Waals surface area contributed by atoms with Crippen molar-refractivity contribution in [3.05, 3.63) is 45.8 Å². The lowest BCUT2D eigenvalue weighted by atomic mass is 10.1. The number of aryl methyl sites for hydroxylation is 1. The molecular formula is C25H26N4O5S2. The van der Waals surface area contributed by atoms with Gasteiger partial charge in [-0.1, -0.05) is 0 Å². The highest BCUT2D eigenvalue weighted by Crippen LogP contribution is 2.39. The van der Waals surface area contributed by atoms with Gasteiger partial charge in [-0.2, -0.15) is 5.26 Å². The average molecular weight is 527 g/mol. The molecule has 1 aromatic carbocycles. The molecule has 0 radical (unpaired) electrons. The Kier molecular flexibility index (Phi) is 7.22. The molecule has 0 aliphatic carbocycles. The summed E-state index contributed by atoms with van der Waals surface area (Å²) in [6.07, 6.45) is 0.562. The number of amides is 1. The van der Waals surface area contributed by atoms with Gasteiger partial charge in [0.2, 0.25) is 0 Å². The molecule has 3 atom stereocenters. The summed E-state index contributed by atoms with van der Waals surface area (Å²) in [5.41, 5.74) is 2.33. The van der Waals surface area contributed by atoms with Crippen molar-refractivity contribution < 1.29 is 18.7 Å². The molecule has 0 unspecified atom stereocenters. The summed E-state index contributed by atoms with van der Waals surface area (Å²) in [5.74, 6) is -0.662. The fourth-order valence-corrected chi connectivity index (χ4v) is 6.71. The molecular weight excluding hydrogens is 500 g/mol. The Bertz CT molecular complexity index is 1450. The number of rotatable bonds is 6. The topological polar surface area (TPSA) is 119 Å². The van der Waals surface area contributed by atoms with E-state index in [4.69, 9.17) is 13.9 Å². The lowest BCUT2D eigenvalue weighted by Gasteiger charge is -2.25. The SMILES string of the molecule is CO[C@H]1CCO[C@H](C(=O)N[C@H](C#N)Cc2cc3sc(-c4ccc5oc(=O)n(C)c5c4)cc3s2)CNC1. The van der Waals surface area contributed by atoms with Crippen LogP contribution in [0, 0.1) is 11.3 Å². The third kappa shape index (κ3) is 5.09. The summed E-state index contributed by atoms with van der Waals surface area (Å²) in [6.45, 7) is 1.47. The molecule has 1 saturated heterocycles. The van der Waals surface area contributed by atoms with E-state index in [0.717, 1.165) is 30.2 Å². The van der Waals surface area contributed by atoms with Crippen molar-refractivity contribution in [2.75, 3.05) is 26.8 Å². The lowest BCUT2D eigenvalue weighted by Crippen LogP contribution is -2.49. The van der Waals surface area contributed by atoms with E-state index in [9.17, 15) is 14.9 Å². The first-order chi connectivity index (χ1) is 17.4. The van der Waals surface area contributed by atoms with Gasteiger partial charge in [-0.3, -0.25) is 9.36 Å². The van der Waals surface area contributed by atoms with Crippen molar-refractivity contribution >= 4 is 49.1 Å². The summed E-state index contributed by atoms with van der Waals surface area (Å²) < 4.78 is 20.0. The number of oxazole rings is 1. The van der Waals surface area contributed by atoms with Crippen LogP contribution in [0.25, 0.3) is 30.9 Å². The van der Waals surface area contributed by atoms with Gasteiger partial charge in [0.15, 0.2) is 5.58 Å². The molecule has 5 rings (SSSR count). The summed E-state index contributed by atoms with van der Waals surface area (Å²) in [6, 6.07) is 11.5. The number of hydrogen-bond donors (Lipinski definition) is 2. The summed E-state index contributed by atoms with van der Waals surface area (Å²) in [7, 11) is 3.35. The van der Waals surface area contributed by atoms with Gasteiger partial charge in [-0.25, -0.2) is 4.79 Å².